The summed E-state index contributed by atoms with van der Waals surface area (Å²) >= 11 is 0. The largest absolute Gasteiger partial charge is 0.356 e. The van der Waals surface area contributed by atoms with E-state index in [0.717, 1.165) is 19.4 Å². The molecular weight excluding hydrogens is 236 g/mol. The summed E-state index contributed by atoms with van der Waals surface area (Å²) in [5, 5.41) is 3.10. The van der Waals surface area contributed by atoms with E-state index in [2.05, 4.69) is 12.2 Å². The van der Waals surface area contributed by atoms with Crippen LogP contribution in [0, 0.1) is 17.8 Å². The van der Waals surface area contributed by atoms with Gasteiger partial charge in [-0.1, -0.05) is 13.3 Å². The Labute approximate surface area is 110 Å². The molecule has 3 unspecified atom stereocenters. The minimum Gasteiger partial charge on any atom is -0.356 e. The van der Waals surface area contributed by atoms with Crippen LogP contribution in [0.3, 0.4) is 0 Å². The van der Waals surface area contributed by atoms with E-state index in [0.29, 0.717) is 17.9 Å². The Kier molecular flexibility index (Phi) is 5.74. The van der Waals surface area contributed by atoms with E-state index in [-0.39, 0.29) is 24.2 Å². The summed E-state index contributed by atoms with van der Waals surface area (Å²) in [6, 6.07) is 0.358. The van der Waals surface area contributed by atoms with Crippen LogP contribution < -0.4 is 11.1 Å². The molecule has 2 aliphatic rings. The maximum absolute atomic E-state index is 11.8. The average molecular weight is 261 g/mol. The van der Waals surface area contributed by atoms with Gasteiger partial charge >= 0.3 is 0 Å². The van der Waals surface area contributed by atoms with Gasteiger partial charge in [0, 0.05) is 18.5 Å². The van der Waals surface area contributed by atoms with Crippen molar-refractivity contribution < 1.29 is 4.79 Å². The number of halogens is 1. The van der Waals surface area contributed by atoms with Crippen molar-refractivity contribution in [2.45, 2.75) is 51.5 Å². The number of hydrogen-bond donors (Lipinski definition) is 2. The molecule has 3 atom stereocenters. The zero-order valence-electron chi connectivity index (χ0n) is 10.7. The first-order chi connectivity index (χ1) is 7.66. The second kappa shape index (κ2) is 6.60. The van der Waals surface area contributed by atoms with E-state index in [9.17, 15) is 4.79 Å². The summed E-state index contributed by atoms with van der Waals surface area (Å²) in [5.74, 6) is 1.74. The second-order valence-corrected chi connectivity index (χ2v) is 5.66. The van der Waals surface area contributed by atoms with Crippen molar-refractivity contribution in [1.29, 1.82) is 0 Å². The van der Waals surface area contributed by atoms with Gasteiger partial charge in [-0.25, -0.2) is 0 Å². The number of carbonyl (C=O) groups is 1. The van der Waals surface area contributed by atoms with Crippen LogP contribution >= 0.6 is 12.4 Å². The summed E-state index contributed by atoms with van der Waals surface area (Å²) in [6.07, 6.45) is 7.17. The Bertz CT molecular complexity index is 256. The van der Waals surface area contributed by atoms with Gasteiger partial charge in [0.2, 0.25) is 5.91 Å². The zero-order chi connectivity index (χ0) is 11.5. The summed E-state index contributed by atoms with van der Waals surface area (Å²) in [4.78, 5) is 11.8. The molecule has 0 aromatic carbocycles. The fraction of sp³-hybridized carbons (Fsp3) is 0.923. The van der Waals surface area contributed by atoms with Crippen LogP contribution in [0.5, 0.6) is 0 Å². The van der Waals surface area contributed by atoms with Gasteiger partial charge in [-0.15, -0.1) is 12.4 Å². The minimum atomic E-state index is 0. The maximum Gasteiger partial charge on any atom is 0.223 e. The van der Waals surface area contributed by atoms with E-state index in [4.69, 9.17) is 5.73 Å². The number of nitrogens with two attached hydrogens (primary N) is 1. The molecule has 3 N–H and O–H groups in total. The predicted octanol–water partition coefficient (Wildman–Crippen LogP) is 2.09. The number of rotatable bonds is 4. The van der Waals surface area contributed by atoms with Crippen molar-refractivity contribution in [3.05, 3.63) is 0 Å². The first kappa shape index (κ1) is 14.8. The lowest BCUT2D eigenvalue weighted by molar-refractivity contribution is -0.125. The predicted molar refractivity (Wildman–Crippen MR) is 72.1 cm³/mol. The SMILES string of the molecule is CC(C(=O)NCC1CCCC(N)C1)C1CC1.Cl. The number of amides is 1. The Morgan fingerprint density at radius 3 is 2.65 bits per heavy atom. The highest BCUT2D eigenvalue weighted by Crippen LogP contribution is 2.36. The third-order valence-electron chi connectivity index (χ3n) is 4.13. The number of nitrogens with one attached hydrogen (secondary N) is 1. The van der Waals surface area contributed by atoms with E-state index >= 15 is 0 Å². The highest BCUT2D eigenvalue weighted by atomic mass is 35.5. The van der Waals surface area contributed by atoms with Crippen LogP contribution in [0.15, 0.2) is 0 Å². The van der Waals surface area contributed by atoms with Crippen molar-refractivity contribution in [1.82, 2.24) is 5.32 Å². The number of carbonyl (C=O) groups excluding carboxylic acids is 1. The monoisotopic (exact) mass is 260 g/mol. The van der Waals surface area contributed by atoms with Gasteiger partial charge in [0.05, 0.1) is 0 Å². The molecule has 0 heterocycles. The first-order valence-corrected chi connectivity index (χ1v) is 6.70. The molecule has 2 rings (SSSR count). The van der Waals surface area contributed by atoms with Crippen molar-refractivity contribution in [3.8, 4) is 0 Å². The molecule has 2 saturated carbocycles. The molecule has 0 radical (unpaired) electrons. The van der Waals surface area contributed by atoms with Crippen molar-refractivity contribution in [2.24, 2.45) is 23.5 Å². The summed E-state index contributed by atoms with van der Waals surface area (Å²) in [5.41, 5.74) is 5.94. The minimum absolute atomic E-state index is 0. The maximum atomic E-state index is 11.8. The van der Waals surface area contributed by atoms with Crippen molar-refractivity contribution in [3.63, 3.8) is 0 Å². The van der Waals surface area contributed by atoms with Gasteiger partial charge in [-0.05, 0) is 43.9 Å². The molecule has 17 heavy (non-hydrogen) atoms. The van der Waals surface area contributed by atoms with Crippen LogP contribution in [-0.4, -0.2) is 18.5 Å². The molecular formula is C13H25ClN2O. The number of hydrogen-bond acceptors (Lipinski definition) is 2. The molecule has 0 saturated heterocycles. The van der Waals surface area contributed by atoms with E-state index in [1.54, 1.807) is 0 Å². The van der Waals surface area contributed by atoms with Crippen LogP contribution in [0.4, 0.5) is 0 Å². The van der Waals surface area contributed by atoms with Crippen molar-refractivity contribution in [2.75, 3.05) is 6.54 Å². The normalized spacial score (nSPS) is 30.2. The molecule has 4 heteroatoms. The molecule has 3 nitrogen and oxygen atoms in total. The fourth-order valence-electron chi connectivity index (χ4n) is 2.73. The van der Waals surface area contributed by atoms with E-state index in [1.807, 2.05) is 0 Å². The van der Waals surface area contributed by atoms with Gasteiger partial charge in [0.25, 0.3) is 0 Å². The van der Waals surface area contributed by atoms with Crippen LogP contribution in [0.2, 0.25) is 0 Å². The summed E-state index contributed by atoms with van der Waals surface area (Å²) < 4.78 is 0. The smallest absolute Gasteiger partial charge is 0.223 e. The fourth-order valence-corrected chi connectivity index (χ4v) is 2.73. The molecule has 2 aliphatic carbocycles. The van der Waals surface area contributed by atoms with Crippen LogP contribution in [0.1, 0.15) is 45.4 Å². The summed E-state index contributed by atoms with van der Waals surface area (Å²) in [6.45, 7) is 2.89. The third-order valence-corrected chi connectivity index (χ3v) is 4.13. The van der Waals surface area contributed by atoms with Gasteiger partial charge in [-0.2, -0.15) is 0 Å². The standard InChI is InChI=1S/C13H24N2O.ClH/c1-9(11-5-6-11)13(16)15-8-10-3-2-4-12(14)7-10;/h9-12H,2-8,14H2,1H3,(H,15,16);1H. The average Bonchev–Trinajstić information content (AvgIpc) is 3.09. The van der Waals surface area contributed by atoms with Gasteiger partial charge < -0.3 is 11.1 Å². The third kappa shape index (κ3) is 4.47. The molecule has 0 aliphatic heterocycles. The molecule has 100 valence electrons. The Morgan fingerprint density at radius 1 is 1.35 bits per heavy atom. The summed E-state index contributed by atoms with van der Waals surface area (Å²) in [7, 11) is 0. The van der Waals surface area contributed by atoms with Gasteiger partial charge in [-0.3, -0.25) is 4.79 Å². The lowest BCUT2D eigenvalue weighted by atomic mass is 9.86. The Morgan fingerprint density at radius 2 is 2.06 bits per heavy atom. The highest BCUT2D eigenvalue weighted by molar-refractivity contribution is 5.85. The van der Waals surface area contributed by atoms with Gasteiger partial charge in [0.1, 0.15) is 0 Å². The topological polar surface area (TPSA) is 55.1 Å². The molecule has 1 amide bonds. The lowest BCUT2D eigenvalue weighted by Gasteiger charge is -2.27. The van der Waals surface area contributed by atoms with Gasteiger partial charge in [0.15, 0.2) is 0 Å². The first-order valence-electron chi connectivity index (χ1n) is 6.70. The molecule has 0 aromatic heterocycles. The molecule has 0 bridgehead atoms. The molecule has 0 spiro atoms. The van der Waals surface area contributed by atoms with Crippen LogP contribution in [-0.2, 0) is 4.79 Å². The zero-order valence-corrected chi connectivity index (χ0v) is 11.5. The Balaban J connectivity index is 0.00000144. The van der Waals surface area contributed by atoms with E-state index in [1.165, 1.54) is 25.7 Å². The Hall–Kier alpha value is -0.280. The van der Waals surface area contributed by atoms with E-state index < -0.39 is 0 Å². The molecule has 0 aromatic rings. The highest BCUT2D eigenvalue weighted by Gasteiger charge is 2.32. The second-order valence-electron chi connectivity index (χ2n) is 5.66. The van der Waals surface area contributed by atoms with Crippen LogP contribution in [0.25, 0.3) is 0 Å². The van der Waals surface area contributed by atoms with Crippen molar-refractivity contribution >= 4 is 18.3 Å². The lowest BCUT2D eigenvalue weighted by Crippen LogP contribution is -2.38. The molecule has 2 fully saturated rings. The quantitative estimate of drug-likeness (QED) is 0.813.